The third-order valence-electron chi connectivity index (χ3n) is 4.54. The Labute approximate surface area is 175 Å². The van der Waals surface area contributed by atoms with Crippen molar-refractivity contribution in [1.29, 1.82) is 0 Å². The van der Waals surface area contributed by atoms with Gasteiger partial charge in [0.15, 0.2) is 0 Å². The van der Waals surface area contributed by atoms with Gasteiger partial charge in [-0.05, 0) is 68.3 Å². The van der Waals surface area contributed by atoms with E-state index in [1.165, 1.54) is 11.8 Å². The van der Waals surface area contributed by atoms with Crippen LogP contribution in [0.4, 0.5) is 11.4 Å². The zero-order valence-corrected chi connectivity index (χ0v) is 17.6. The number of carbonyl (C=O) groups excluding carboxylic acids is 2. The zero-order chi connectivity index (χ0) is 20.8. The highest BCUT2D eigenvalue weighted by atomic mass is 32.2. The number of rotatable bonds is 6. The van der Waals surface area contributed by atoms with Gasteiger partial charge >= 0.3 is 0 Å². The Hall–Kier alpha value is -3.05. The maximum absolute atomic E-state index is 12.3. The molecule has 0 bridgehead atoms. The van der Waals surface area contributed by atoms with E-state index in [-0.39, 0.29) is 11.8 Å². The Balaban J connectivity index is 1.53. The topological polar surface area (TPSA) is 58.2 Å². The standard InChI is InChI=1S/C24H24N2O2S/c1-16-7-9-19(10-8-16)24(28)25-20-11-13-21(14-12-20)29-15-22(27)26-23-17(2)5-4-6-18(23)3/h4-14H,15H2,1-3H3,(H,25,28)(H,26,27). The van der Waals surface area contributed by atoms with Crippen LogP contribution in [0.1, 0.15) is 27.0 Å². The maximum atomic E-state index is 12.3. The molecule has 0 saturated heterocycles. The molecule has 5 heteroatoms. The van der Waals surface area contributed by atoms with E-state index in [1.807, 2.05) is 87.5 Å². The van der Waals surface area contributed by atoms with Crippen molar-refractivity contribution in [3.8, 4) is 0 Å². The van der Waals surface area contributed by atoms with E-state index in [4.69, 9.17) is 0 Å². The summed E-state index contributed by atoms with van der Waals surface area (Å²) in [7, 11) is 0. The Morgan fingerprint density at radius 3 is 2.03 bits per heavy atom. The Morgan fingerprint density at radius 2 is 1.41 bits per heavy atom. The van der Waals surface area contributed by atoms with Crippen LogP contribution in [0, 0.1) is 20.8 Å². The number of para-hydroxylation sites is 1. The van der Waals surface area contributed by atoms with Gasteiger partial charge in [0.2, 0.25) is 5.91 Å². The lowest BCUT2D eigenvalue weighted by Gasteiger charge is -2.11. The summed E-state index contributed by atoms with van der Waals surface area (Å²) in [6, 6.07) is 20.9. The predicted molar refractivity (Wildman–Crippen MR) is 121 cm³/mol. The normalized spacial score (nSPS) is 10.4. The molecule has 0 heterocycles. The highest BCUT2D eigenvalue weighted by Gasteiger charge is 2.09. The molecule has 0 aliphatic carbocycles. The van der Waals surface area contributed by atoms with Crippen LogP contribution in [0.3, 0.4) is 0 Å². The maximum Gasteiger partial charge on any atom is 0.255 e. The lowest BCUT2D eigenvalue weighted by atomic mass is 10.1. The minimum absolute atomic E-state index is 0.0378. The van der Waals surface area contributed by atoms with Crippen LogP contribution >= 0.6 is 11.8 Å². The second-order valence-corrected chi connectivity index (χ2v) is 8.00. The predicted octanol–water partition coefficient (Wildman–Crippen LogP) is 5.59. The highest BCUT2D eigenvalue weighted by Crippen LogP contribution is 2.23. The van der Waals surface area contributed by atoms with E-state index in [0.29, 0.717) is 11.3 Å². The first-order chi connectivity index (χ1) is 13.9. The first-order valence-corrected chi connectivity index (χ1v) is 10.4. The largest absolute Gasteiger partial charge is 0.325 e. The molecular formula is C24H24N2O2S. The average molecular weight is 405 g/mol. The van der Waals surface area contributed by atoms with Gasteiger partial charge in [0.05, 0.1) is 5.75 Å². The summed E-state index contributed by atoms with van der Waals surface area (Å²) in [6.45, 7) is 5.96. The number of anilines is 2. The van der Waals surface area contributed by atoms with Gasteiger partial charge in [-0.15, -0.1) is 11.8 Å². The van der Waals surface area contributed by atoms with Gasteiger partial charge in [0.25, 0.3) is 5.91 Å². The molecule has 0 aliphatic rings. The fourth-order valence-electron chi connectivity index (χ4n) is 2.88. The first-order valence-electron chi connectivity index (χ1n) is 9.39. The van der Waals surface area contributed by atoms with Crippen molar-refractivity contribution in [1.82, 2.24) is 0 Å². The second-order valence-electron chi connectivity index (χ2n) is 6.95. The molecule has 3 aromatic rings. The number of hydrogen-bond donors (Lipinski definition) is 2. The Kier molecular flexibility index (Phi) is 6.73. The molecule has 0 aromatic heterocycles. The summed E-state index contributed by atoms with van der Waals surface area (Å²) in [4.78, 5) is 25.5. The third kappa shape index (κ3) is 5.72. The summed E-state index contributed by atoms with van der Waals surface area (Å²) in [5, 5.41) is 5.88. The molecule has 4 nitrogen and oxygen atoms in total. The number of aryl methyl sites for hydroxylation is 3. The van der Waals surface area contributed by atoms with Gasteiger partial charge < -0.3 is 10.6 Å². The highest BCUT2D eigenvalue weighted by molar-refractivity contribution is 8.00. The van der Waals surface area contributed by atoms with Crippen LogP contribution < -0.4 is 10.6 Å². The molecule has 3 aromatic carbocycles. The SMILES string of the molecule is Cc1ccc(C(=O)Nc2ccc(SCC(=O)Nc3c(C)cccc3C)cc2)cc1. The molecule has 148 valence electrons. The number of amides is 2. The molecule has 0 saturated carbocycles. The van der Waals surface area contributed by atoms with Crippen molar-refractivity contribution in [2.75, 3.05) is 16.4 Å². The molecule has 3 rings (SSSR count). The van der Waals surface area contributed by atoms with Crippen molar-refractivity contribution >= 4 is 35.0 Å². The lowest BCUT2D eigenvalue weighted by Crippen LogP contribution is -2.15. The van der Waals surface area contributed by atoms with Crippen LogP contribution in [-0.4, -0.2) is 17.6 Å². The van der Waals surface area contributed by atoms with Crippen LogP contribution in [-0.2, 0) is 4.79 Å². The number of nitrogens with one attached hydrogen (secondary N) is 2. The van der Waals surface area contributed by atoms with E-state index < -0.39 is 0 Å². The van der Waals surface area contributed by atoms with Crippen LogP contribution in [0.25, 0.3) is 0 Å². The lowest BCUT2D eigenvalue weighted by molar-refractivity contribution is -0.113. The van der Waals surface area contributed by atoms with E-state index >= 15 is 0 Å². The summed E-state index contributed by atoms with van der Waals surface area (Å²) >= 11 is 1.46. The Morgan fingerprint density at radius 1 is 0.793 bits per heavy atom. The summed E-state index contributed by atoms with van der Waals surface area (Å²) in [5.74, 6) is 0.144. The van der Waals surface area contributed by atoms with Crippen molar-refractivity contribution in [2.24, 2.45) is 0 Å². The number of benzene rings is 3. The van der Waals surface area contributed by atoms with Gasteiger partial charge in [-0.25, -0.2) is 0 Å². The van der Waals surface area contributed by atoms with Gasteiger partial charge in [0, 0.05) is 21.8 Å². The summed E-state index contributed by atoms with van der Waals surface area (Å²) in [5.41, 5.74) is 5.45. The molecule has 29 heavy (non-hydrogen) atoms. The second kappa shape index (κ2) is 9.43. The van der Waals surface area contributed by atoms with Gasteiger partial charge in [0.1, 0.15) is 0 Å². The van der Waals surface area contributed by atoms with Crippen LogP contribution in [0.15, 0.2) is 71.6 Å². The average Bonchev–Trinajstić information content (AvgIpc) is 2.71. The third-order valence-corrected chi connectivity index (χ3v) is 5.55. The number of carbonyl (C=O) groups is 2. The quantitative estimate of drug-likeness (QED) is 0.526. The minimum atomic E-state index is -0.140. The molecule has 0 radical (unpaired) electrons. The van der Waals surface area contributed by atoms with Gasteiger partial charge in [-0.3, -0.25) is 9.59 Å². The molecule has 0 fully saturated rings. The fraction of sp³-hybridized carbons (Fsp3) is 0.167. The van der Waals surface area contributed by atoms with E-state index in [1.54, 1.807) is 0 Å². The van der Waals surface area contributed by atoms with Crippen molar-refractivity contribution < 1.29 is 9.59 Å². The summed E-state index contributed by atoms with van der Waals surface area (Å²) < 4.78 is 0. The van der Waals surface area contributed by atoms with Crippen LogP contribution in [0.5, 0.6) is 0 Å². The molecule has 0 unspecified atom stereocenters. The monoisotopic (exact) mass is 404 g/mol. The molecule has 0 aliphatic heterocycles. The van der Waals surface area contributed by atoms with Crippen molar-refractivity contribution in [2.45, 2.75) is 25.7 Å². The van der Waals surface area contributed by atoms with E-state index in [9.17, 15) is 9.59 Å². The fourth-order valence-corrected chi connectivity index (χ4v) is 3.58. The molecular weight excluding hydrogens is 380 g/mol. The zero-order valence-electron chi connectivity index (χ0n) is 16.8. The van der Waals surface area contributed by atoms with E-state index in [0.717, 1.165) is 33.0 Å². The first kappa shape index (κ1) is 20.7. The van der Waals surface area contributed by atoms with E-state index in [2.05, 4.69) is 10.6 Å². The summed E-state index contributed by atoms with van der Waals surface area (Å²) in [6.07, 6.45) is 0. The molecule has 0 spiro atoms. The smallest absolute Gasteiger partial charge is 0.255 e. The van der Waals surface area contributed by atoms with Crippen LogP contribution in [0.2, 0.25) is 0 Å². The van der Waals surface area contributed by atoms with Crippen molar-refractivity contribution in [3.63, 3.8) is 0 Å². The minimum Gasteiger partial charge on any atom is -0.325 e. The number of hydrogen-bond acceptors (Lipinski definition) is 3. The van der Waals surface area contributed by atoms with Gasteiger partial charge in [-0.1, -0.05) is 35.9 Å². The van der Waals surface area contributed by atoms with Gasteiger partial charge in [-0.2, -0.15) is 0 Å². The molecule has 0 atom stereocenters. The molecule has 2 N–H and O–H groups in total. The number of thioether (sulfide) groups is 1. The van der Waals surface area contributed by atoms with Crippen molar-refractivity contribution in [3.05, 3.63) is 89.0 Å². The molecule has 2 amide bonds. The Bertz CT molecular complexity index is 992.